The quantitative estimate of drug-likeness (QED) is 0.733. The van der Waals surface area contributed by atoms with Gasteiger partial charge in [-0.25, -0.2) is 18.1 Å². The lowest BCUT2D eigenvalue weighted by atomic mass is 10.3. The van der Waals surface area contributed by atoms with Gasteiger partial charge in [0.1, 0.15) is 5.01 Å². The number of hydrogen-bond donors (Lipinski definition) is 2. The van der Waals surface area contributed by atoms with E-state index in [2.05, 4.69) is 9.71 Å². The zero-order chi connectivity index (χ0) is 12.9. The lowest BCUT2D eigenvalue weighted by Gasteiger charge is -2.11. The van der Waals surface area contributed by atoms with Gasteiger partial charge in [0, 0.05) is 11.1 Å². The Balaban J connectivity index is 2.52. The molecule has 0 aliphatic rings. The van der Waals surface area contributed by atoms with Crippen molar-refractivity contribution in [2.45, 2.75) is 32.7 Å². The third-order valence-electron chi connectivity index (χ3n) is 2.23. The molecule has 17 heavy (non-hydrogen) atoms. The molecule has 0 aliphatic carbocycles. The lowest BCUT2D eigenvalue weighted by Crippen LogP contribution is -2.29. The average Bonchev–Trinajstić information content (AvgIpc) is 2.64. The smallest absolute Gasteiger partial charge is 0.212 e. The van der Waals surface area contributed by atoms with Crippen LogP contribution in [-0.4, -0.2) is 25.7 Å². The van der Waals surface area contributed by atoms with Gasteiger partial charge >= 0.3 is 0 Å². The highest BCUT2D eigenvalue weighted by atomic mass is 32.2. The SMILES string of the molecule is Cc1csc(C(C)NS(=O)(=O)CCCCN)n1. The minimum absolute atomic E-state index is 0.124. The molecular formula is C10H19N3O2S2. The second-order valence-electron chi connectivity index (χ2n) is 3.98. The first-order valence-electron chi connectivity index (χ1n) is 5.56. The highest BCUT2D eigenvalue weighted by Gasteiger charge is 2.17. The van der Waals surface area contributed by atoms with Gasteiger partial charge in [-0.1, -0.05) is 0 Å². The first-order chi connectivity index (χ1) is 7.94. The van der Waals surface area contributed by atoms with Gasteiger partial charge in [-0.05, 0) is 33.2 Å². The van der Waals surface area contributed by atoms with E-state index in [4.69, 9.17) is 5.73 Å². The second kappa shape index (κ2) is 6.44. The van der Waals surface area contributed by atoms with Crippen LogP contribution in [-0.2, 0) is 10.0 Å². The Bertz CT molecular complexity index is 442. The van der Waals surface area contributed by atoms with Crippen molar-refractivity contribution in [3.63, 3.8) is 0 Å². The summed E-state index contributed by atoms with van der Waals surface area (Å²) in [4.78, 5) is 4.26. The van der Waals surface area contributed by atoms with Gasteiger partial charge < -0.3 is 5.73 Å². The number of nitrogens with zero attached hydrogens (tertiary/aromatic N) is 1. The molecule has 0 bridgehead atoms. The number of aryl methyl sites for hydroxylation is 1. The molecule has 0 amide bonds. The van der Waals surface area contributed by atoms with E-state index in [-0.39, 0.29) is 11.8 Å². The van der Waals surface area contributed by atoms with E-state index < -0.39 is 10.0 Å². The van der Waals surface area contributed by atoms with Crippen LogP contribution < -0.4 is 10.5 Å². The van der Waals surface area contributed by atoms with Crippen molar-refractivity contribution in [3.05, 3.63) is 16.1 Å². The minimum Gasteiger partial charge on any atom is -0.330 e. The topological polar surface area (TPSA) is 85.1 Å². The van der Waals surface area contributed by atoms with E-state index >= 15 is 0 Å². The van der Waals surface area contributed by atoms with Crippen molar-refractivity contribution in [2.24, 2.45) is 5.73 Å². The maximum Gasteiger partial charge on any atom is 0.212 e. The minimum atomic E-state index is -3.23. The van der Waals surface area contributed by atoms with E-state index in [9.17, 15) is 8.42 Å². The zero-order valence-corrected chi connectivity index (χ0v) is 11.8. The van der Waals surface area contributed by atoms with Gasteiger partial charge in [-0.3, -0.25) is 0 Å². The van der Waals surface area contributed by atoms with Crippen molar-refractivity contribution < 1.29 is 8.42 Å². The summed E-state index contributed by atoms with van der Waals surface area (Å²) in [6.45, 7) is 4.22. The summed E-state index contributed by atoms with van der Waals surface area (Å²) < 4.78 is 26.1. The van der Waals surface area contributed by atoms with Crippen LogP contribution in [0, 0.1) is 6.92 Å². The van der Waals surface area contributed by atoms with Crippen molar-refractivity contribution >= 4 is 21.4 Å². The number of hydrogen-bond acceptors (Lipinski definition) is 5. The third-order valence-corrected chi connectivity index (χ3v) is 4.91. The van der Waals surface area contributed by atoms with E-state index in [1.807, 2.05) is 12.3 Å². The number of aromatic nitrogens is 1. The van der Waals surface area contributed by atoms with Crippen molar-refractivity contribution in [3.8, 4) is 0 Å². The summed E-state index contributed by atoms with van der Waals surface area (Å²) in [6, 6.07) is -0.267. The fourth-order valence-corrected chi connectivity index (χ4v) is 3.62. The number of unbranched alkanes of at least 4 members (excludes halogenated alkanes) is 1. The molecule has 1 rings (SSSR count). The van der Waals surface area contributed by atoms with Gasteiger partial charge in [0.05, 0.1) is 11.8 Å². The van der Waals surface area contributed by atoms with E-state index in [0.29, 0.717) is 13.0 Å². The maximum atomic E-state index is 11.7. The summed E-state index contributed by atoms with van der Waals surface area (Å²) in [5.74, 6) is 0.124. The predicted octanol–water partition coefficient (Wildman–Crippen LogP) is 1.17. The maximum absolute atomic E-state index is 11.7. The normalized spacial score (nSPS) is 13.8. The van der Waals surface area contributed by atoms with E-state index in [1.165, 1.54) is 11.3 Å². The third kappa shape index (κ3) is 5.12. The Morgan fingerprint density at radius 1 is 1.53 bits per heavy atom. The summed E-state index contributed by atoms with van der Waals surface area (Å²) in [5.41, 5.74) is 6.25. The molecule has 5 nitrogen and oxygen atoms in total. The van der Waals surface area contributed by atoms with Crippen molar-refractivity contribution in [2.75, 3.05) is 12.3 Å². The molecule has 0 spiro atoms. The van der Waals surface area contributed by atoms with Crippen LogP contribution in [0.15, 0.2) is 5.38 Å². The van der Waals surface area contributed by atoms with E-state index in [0.717, 1.165) is 17.1 Å². The molecule has 0 saturated heterocycles. The molecule has 0 aliphatic heterocycles. The Morgan fingerprint density at radius 3 is 2.76 bits per heavy atom. The summed E-state index contributed by atoms with van der Waals surface area (Å²) in [5, 5.41) is 2.71. The first-order valence-corrected chi connectivity index (χ1v) is 8.10. The molecule has 1 heterocycles. The summed E-state index contributed by atoms with van der Waals surface area (Å²) in [6.07, 6.45) is 1.32. The monoisotopic (exact) mass is 277 g/mol. The molecular weight excluding hydrogens is 258 g/mol. The molecule has 1 unspecified atom stereocenters. The lowest BCUT2D eigenvalue weighted by molar-refractivity contribution is 0.562. The molecule has 1 aromatic rings. The predicted molar refractivity (Wildman–Crippen MR) is 70.5 cm³/mol. The average molecular weight is 277 g/mol. The fourth-order valence-electron chi connectivity index (χ4n) is 1.39. The Labute approximate surface area is 106 Å². The van der Waals surface area contributed by atoms with Gasteiger partial charge in [0.15, 0.2) is 0 Å². The van der Waals surface area contributed by atoms with Crippen LogP contribution in [0.3, 0.4) is 0 Å². The number of thiazole rings is 1. The van der Waals surface area contributed by atoms with Crippen molar-refractivity contribution in [1.82, 2.24) is 9.71 Å². The number of rotatable bonds is 7. The van der Waals surface area contributed by atoms with Crippen LogP contribution in [0.25, 0.3) is 0 Å². The van der Waals surface area contributed by atoms with E-state index in [1.54, 1.807) is 6.92 Å². The number of nitrogens with two attached hydrogens (primary N) is 1. The Kier molecular flexibility index (Phi) is 5.51. The molecule has 0 fully saturated rings. The van der Waals surface area contributed by atoms with Gasteiger partial charge in [-0.2, -0.15) is 0 Å². The molecule has 0 saturated carbocycles. The highest BCUT2D eigenvalue weighted by Crippen LogP contribution is 2.18. The van der Waals surface area contributed by atoms with Crippen LogP contribution in [0.1, 0.15) is 36.5 Å². The van der Waals surface area contributed by atoms with Crippen LogP contribution in [0.4, 0.5) is 0 Å². The number of nitrogens with one attached hydrogen (secondary N) is 1. The zero-order valence-electron chi connectivity index (χ0n) is 10.1. The molecule has 1 atom stereocenters. The Hall–Kier alpha value is -0.500. The molecule has 0 aromatic carbocycles. The van der Waals surface area contributed by atoms with Crippen LogP contribution >= 0.6 is 11.3 Å². The fraction of sp³-hybridized carbons (Fsp3) is 0.700. The highest BCUT2D eigenvalue weighted by molar-refractivity contribution is 7.89. The van der Waals surface area contributed by atoms with Crippen molar-refractivity contribution in [1.29, 1.82) is 0 Å². The Morgan fingerprint density at radius 2 is 2.24 bits per heavy atom. The molecule has 3 N–H and O–H groups in total. The number of sulfonamides is 1. The van der Waals surface area contributed by atoms with Crippen LogP contribution in [0.5, 0.6) is 0 Å². The first kappa shape index (κ1) is 14.6. The molecule has 0 radical (unpaired) electrons. The standard InChI is InChI=1S/C10H19N3O2S2/c1-8-7-16-10(12-8)9(2)13-17(14,15)6-4-3-5-11/h7,9,13H,3-6,11H2,1-2H3. The summed E-state index contributed by atoms with van der Waals surface area (Å²) >= 11 is 1.47. The molecule has 7 heteroatoms. The van der Waals surface area contributed by atoms with Gasteiger partial charge in [0.2, 0.25) is 10.0 Å². The summed E-state index contributed by atoms with van der Waals surface area (Å²) in [7, 11) is -3.23. The van der Waals surface area contributed by atoms with Crippen LogP contribution in [0.2, 0.25) is 0 Å². The second-order valence-corrected chi connectivity index (χ2v) is 6.74. The largest absolute Gasteiger partial charge is 0.330 e. The molecule has 98 valence electrons. The van der Waals surface area contributed by atoms with Gasteiger partial charge in [-0.15, -0.1) is 11.3 Å². The molecule has 1 aromatic heterocycles. The van der Waals surface area contributed by atoms with Gasteiger partial charge in [0.25, 0.3) is 0 Å².